The molecule has 3 N–H and O–H groups in total. The Hall–Kier alpha value is -4.35. The van der Waals surface area contributed by atoms with E-state index in [-0.39, 0.29) is 16.8 Å². The lowest BCUT2D eigenvalue weighted by molar-refractivity contribution is -0.123. The van der Waals surface area contributed by atoms with Crippen molar-refractivity contribution in [3.8, 4) is 11.3 Å². The SMILES string of the molecule is CC(C)(C)c1nc(N(C(=O)O)C(=O)O)nc(-c2ccc(NC(=O)[C@@H](Cc3ccccc3)N3CCOCC3)cc2)c1C(C)(C)C. The van der Waals surface area contributed by atoms with Crippen LogP contribution in [0.25, 0.3) is 11.3 Å². The maximum atomic E-state index is 13.6. The maximum absolute atomic E-state index is 13.6. The van der Waals surface area contributed by atoms with Gasteiger partial charge in [0, 0.05) is 35.3 Å². The molecule has 234 valence electrons. The van der Waals surface area contributed by atoms with Crippen LogP contribution < -0.4 is 10.2 Å². The van der Waals surface area contributed by atoms with Crippen LogP contribution in [0.5, 0.6) is 0 Å². The molecule has 0 radical (unpaired) electrons. The Morgan fingerprint density at radius 1 is 0.886 bits per heavy atom. The van der Waals surface area contributed by atoms with Crippen molar-refractivity contribution in [1.82, 2.24) is 14.9 Å². The summed E-state index contributed by atoms with van der Waals surface area (Å²) in [6.45, 7) is 14.3. The van der Waals surface area contributed by atoms with Crippen molar-refractivity contribution >= 4 is 29.7 Å². The Bertz CT molecular complexity index is 1480. The van der Waals surface area contributed by atoms with E-state index < -0.39 is 29.0 Å². The molecule has 0 spiro atoms. The second-order valence-corrected chi connectivity index (χ2v) is 12.9. The van der Waals surface area contributed by atoms with E-state index in [0.29, 0.717) is 55.4 Å². The molecule has 0 unspecified atom stereocenters. The fourth-order valence-electron chi connectivity index (χ4n) is 5.31. The predicted molar refractivity (Wildman–Crippen MR) is 168 cm³/mol. The number of rotatable bonds is 7. The van der Waals surface area contributed by atoms with Crippen LogP contribution in [-0.2, 0) is 26.8 Å². The average molecular weight is 604 g/mol. The van der Waals surface area contributed by atoms with E-state index in [4.69, 9.17) is 4.74 Å². The van der Waals surface area contributed by atoms with Crippen molar-refractivity contribution in [2.24, 2.45) is 0 Å². The topological polar surface area (TPSA) is 145 Å². The minimum absolute atomic E-state index is 0.123. The molecule has 1 saturated heterocycles. The summed E-state index contributed by atoms with van der Waals surface area (Å²) in [5.74, 6) is -0.568. The van der Waals surface area contributed by atoms with Gasteiger partial charge in [-0.05, 0) is 29.5 Å². The molecule has 1 aliphatic rings. The van der Waals surface area contributed by atoms with E-state index in [1.165, 1.54) is 0 Å². The van der Waals surface area contributed by atoms with Gasteiger partial charge < -0.3 is 20.3 Å². The number of carbonyl (C=O) groups is 3. The first-order valence-electron chi connectivity index (χ1n) is 14.6. The van der Waals surface area contributed by atoms with Crippen LogP contribution in [0.2, 0.25) is 0 Å². The first kappa shape index (κ1) is 32.6. The molecule has 2 aromatic carbocycles. The average Bonchev–Trinajstić information content (AvgIpc) is 2.95. The summed E-state index contributed by atoms with van der Waals surface area (Å²) in [4.78, 5) is 48.6. The number of morpholine rings is 1. The van der Waals surface area contributed by atoms with Gasteiger partial charge in [-0.3, -0.25) is 9.69 Å². The van der Waals surface area contributed by atoms with Crippen LogP contribution in [-0.4, -0.2) is 75.5 Å². The number of anilines is 2. The third-order valence-electron chi connectivity index (χ3n) is 7.43. The largest absolute Gasteiger partial charge is 0.464 e. The Balaban J connectivity index is 1.72. The zero-order chi connectivity index (χ0) is 32.2. The van der Waals surface area contributed by atoms with Crippen LogP contribution in [0.1, 0.15) is 58.4 Å². The van der Waals surface area contributed by atoms with E-state index in [1.54, 1.807) is 24.3 Å². The highest BCUT2D eigenvalue weighted by molar-refractivity contribution is 6.06. The van der Waals surface area contributed by atoms with Gasteiger partial charge in [0.05, 0.1) is 30.6 Å². The molecule has 1 aliphatic heterocycles. The van der Waals surface area contributed by atoms with Gasteiger partial charge in [0.1, 0.15) is 0 Å². The van der Waals surface area contributed by atoms with Crippen LogP contribution in [0.3, 0.4) is 0 Å². The lowest BCUT2D eigenvalue weighted by atomic mass is 9.76. The normalized spacial score (nSPS) is 15.0. The highest BCUT2D eigenvalue weighted by Crippen LogP contribution is 2.40. The van der Waals surface area contributed by atoms with Crippen molar-refractivity contribution < 1.29 is 29.3 Å². The van der Waals surface area contributed by atoms with Crippen molar-refractivity contribution in [3.63, 3.8) is 0 Å². The number of carbonyl (C=O) groups excluding carboxylic acids is 1. The number of benzene rings is 2. The number of nitrogens with one attached hydrogen (secondary N) is 1. The molecule has 4 rings (SSSR count). The molecule has 3 aromatic rings. The Kier molecular flexibility index (Phi) is 9.70. The van der Waals surface area contributed by atoms with Gasteiger partial charge in [0.2, 0.25) is 11.9 Å². The number of ether oxygens (including phenoxy) is 1. The maximum Gasteiger partial charge on any atom is 0.424 e. The van der Waals surface area contributed by atoms with E-state index in [9.17, 15) is 24.6 Å². The summed E-state index contributed by atoms with van der Waals surface area (Å²) in [5.41, 5.74) is 3.00. The quantitative estimate of drug-likeness (QED) is 0.306. The van der Waals surface area contributed by atoms with Gasteiger partial charge >= 0.3 is 12.2 Å². The number of nitrogens with zero attached hydrogens (tertiary/aromatic N) is 4. The molecule has 1 atom stereocenters. The van der Waals surface area contributed by atoms with Crippen molar-refractivity contribution in [3.05, 3.63) is 71.4 Å². The summed E-state index contributed by atoms with van der Waals surface area (Å²) < 4.78 is 5.51. The second kappa shape index (κ2) is 13.1. The molecule has 2 heterocycles. The first-order valence-corrected chi connectivity index (χ1v) is 14.6. The molecule has 11 heteroatoms. The molecule has 1 aromatic heterocycles. The Morgan fingerprint density at radius 2 is 1.48 bits per heavy atom. The summed E-state index contributed by atoms with van der Waals surface area (Å²) in [5, 5.41) is 22.4. The molecule has 3 amide bonds. The van der Waals surface area contributed by atoms with Gasteiger partial charge in [-0.2, -0.15) is 0 Å². The number of hydrogen-bond acceptors (Lipinski definition) is 7. The minimum Gasteiger partial charge on any atom is -0.464 e. The van der Waals surface area contributed by atoms with Gasteiger partial charge in [0.15, 0.2) is 0 Å². The van der Waals surface area contributed by atoms with Gasteiger partial charge in [-0.1, -0.05) is 84.0 Å². The standard InChI is InChI=1S/C33H41N5O6/c1-32(2,3)25-26(35-29(36-27(25)33(4,5)6)38(30(40)41)31(42)43)22-12-14-23(15-13-22)34-28(39)24(37-16-18-44-19-17-37)20-21-10-8-7-9-11-21/h7-15,24H,16-20H2,1-6H3,(H,34,39)(H,40,41)(H,42,43)/t24-/m1/s1. The zero-order valence-corrected chi connectivity index (χ0v) is 26.1. The third-order valence-corrected chi connectivity index (χ3v) is 7.43. The molecule has 1 fully saturated rings. The molecule has 0 bridgehead atoms. The zero-order valence-electron chi connectivity index (χ0n) is 26.1. The fraction of sp³-hybridized carbons (Fsp3) is 0.424. The molecule has 0 aliphatic carbocycles. The van der Waals surface area contributed by atoms with E-state index in [0.717, 1.165) is 11.1 Å². The monoisotopic (exact) mass is 603 g/mol. The van der Waals surface area contributed by atoms with Crippen molar-refractivity contribution in [2.75, 3.05) is 36.5 Å². The highest BCUT2D eigenvalue weighted by Gasteiger charge is 2.35. The fourth-order valence-corrected chi connectivity index (χ4v) is 5.31. The van der Waals surface area contributed by atoms with E-state index >= 15 is 0 Å². The van der Waals surface area contributed by atoms with E-state index in [1.807, 2.05) is 71.9 Å². The first-order chi connectivity index (χ1) is 20.7. The molecular formula is C33H41N5O6. The minimum atomic E-state index is -1.70. The second-order valence-electron chi connectivity index (χ2n) is 12.9. The van der Waals surface area contributed by atoms with E-state index in [2.05, 4.69) is 20.2 Å². The van der Waals surface area contributed by atoms with Gasteiger partial charge in [0.25, 0.3) is 0 Å². The summed E-state index contributed by atoms with van der Waals surface area (Å²) in [6.07, 6.45) is -2.84. The van der Waals surface area contributed by atoms with Gasteiger partial charge in [-0.15, -0.1) is 4.90 Å². The van der Waals surface area contributed by atoms with Crippen LogP contribution in [0.15, 0.2) is 54.6 Å². The van der Waals surface area contributed by atoms with Crippen LogP contribution >= 0.6 is 0 Å². The van der Waals surface area contributed by atoms with Crippen LogP contribution in [0.4, 0.5) is 21.2 Å². The number of carboxylic acid groups (broad SMARTS) is 2. The van der Waals surface area contributed by atoms with Crippen molar-refractivity contribution in [1.29, 1.82) is 0 Å². The molecule has 11 nitrogen and oxygen atoms in total. The lowest BCUT2D eigenvalue weighted by Gasteiger charge is -2.33. The molecule has 0 saturated carbocycles. The third kappa shape index (κ3) is 7.59. The predicted octanol–water partition coefficient (Wildman–Crippen LogP) is 5.78. The van der Waals surface area contributed by atoms with Crippen molar-refractivity contribution in [2.45, 2.75) is 64.8 Å². The van der Waals surface area contributed by atoms with Gasteiger partial charge in [-0.25, -0.2) is 19.6 Å². The smallest absolute Gasteiger partial charge is 0.424 e. The summed E-state index contributed by atoms with van der Waals surface area (Å²) >= 11 is 0. The Morgan fingerprint density at radius 3 is 2.00 bits per heavy atom. The molecule has 44 heavy (non-hydrogen) atoms. The summed E-state index contributed by atoms with van der Waals surface area (Å²) in [6, 6.07) is 16.6. The number of amides is 3. The lowest BCUT2D eigenvalue weighted by Crippen LogP contribution is -2.50. The molecular weight excluding hydrogens is 562 g/mol. The highest BCUT2D eigenvalue weighted by atomic mass is 16.5. The summed E-state index contributed by atoms with van der Waals surface area (Å²) in [7, 11) is 0. The Labute approximate surface area is 257 Å². The number of imide groups is 1. The number of hydrogen-bond donors (Lipinski definition) is 3. The van der Waals surface area contributed by atoms with Crippen LogP contribution in [0, 0.1) is 0 Å². The number of aromatic nitrogens is 2.